The molecule has 6 heteroatoms. The quantitative estimate of drug-likeness (QED) is 0.288. The molecule has 0 saturated heterocycles. The molecular weight excluding hydrogens is 372 g/mol. The molecule has 0 radical (unpaired) electrons. The van der Waals surface area contributed by atoms with Crippen molar-refractivity contribution < 1.29 is 24.8 Å². The van der Waals surface area contributed by atoms with Crippen LogP contribution >= 0.6 is 0 Å². The third kappa shape index (κ3) is 3.10. The van der Waals surface area contributed by atoms with E-state index in [0.29, 0.717) is 0 Å². The van der Waals surface area contributed by atoms with Crippen molar-refractivity contribution in [3.63, 3.8) is 0 Å². The number of phenolic OH excluding ortho intramolecular Hbond substituents is 4. The largest absolute Gasteiger partial charge is 0.507 e. The Labute approximate surface area is 167 Å². The number of rotatable bonds is 4. The van der Waals surface area contributed by atoms with Crippen molar-refractivity contribution in [1.29, 1.82) is 0 Å². The fourth-order valence-electron chi connectivity index (χ4n) is 3.38. The van der Waals surface area contributed by atoms with Gasteiger partial charge in [-0.1, -0.05) is 31.6 Å². The summed E-state index contributed by atoms with van der Waals surface area (Å²) in [4.78, 5) is 13.2. The van der Waals surface area contributed by atoms with Gasteiger partial charge in [0.05, 0.1) is 0 Å². The van der Waals surface area contributed by atoms with Gasteiger partial charge in [-0.3, -0.25) is 4.79 Å². The zero-order valence-electron chi connectivity index (χ0n) is 16.8. The second-order valence-corrected chi connectivity index (χ2v) is 7.91. The third-order valence-electron chi connectivity index (χ3n) is 5.14. The van der Waals surface area contributed by atoms with Crippen LogP contribution in [0.2, 0.25) is 0 Å². The number of allylic oxidation sites excluding steroid dienone is 3. The zero-order valence-corrected chi connectivity index (χ0v) is 16.8. The van der Waals surface area contributed by atoms with Gasteiger partial charge in [0.1, 0.15) is 33.6 Å². The number of phenols is 4. The van der Waals surface area contributed by atoms with Gasteiger partial charge < -0.3 is 24.8 Å². The van der Waals surface area contributed by atoms with Crippen LogP contribution in [0.5, 0.6) is 23.0 Å². The molecule has 0 aliphatic heterocycles. The summed E-state index contributed by atoms with van der Waals surface area (Å²) in [6.07, 6.45) is 3.60. The SMILES string of the molecule is C=CC(C)(C)c1c(O)c(CC=C(C)C)c(O)c2c(=O)c3c(O)ccc(O)c3oc12. The van der Waals surface area contributed by atoms with Crippen molar-refractivity contribution in [3.05, 3.63) is 57.8 Å². The smallest absolute Gasteiger partial charge is 0.208 e. The summed E-state index contributed by atoms with van der Waals surface area (Å²) in [6, 6.07) is 2.38. The van der Waals surface area contributed by atoms with Crippen LogP contribution in [0.1, 0.15) is 38.8 Å². The first-order valence-electron chi connectivity index (χ1n) is 9.16. The van der Waals surface area contributed by atoms with Gasteiger partial charge in [0.2, 0.25) is 5.43 Å². The van der Waals surface area contributed by atoms with Crippen molar-refractivity contribution in [2.24, 2.45) is 0 Å². The summed E-state index contributed by atoms with van der Waals surface area (Å²) < 4.78 is 5.81. The summed E-state index contributed by atoms with van der Waals surface area (Å²) in [6.45, 7) is 11.1. The molecule has 0 bridgehead atoms. The predicted molar refractivity (Wildman–Crippen MR) is 113 cm³/mol. The van der Waals surface area contributed by atoms with E-state index in [-0.39, 0.29) is 56.7 Å². The lowest BCUT2D eigenvalue weighted by atomic mass is 9.81. The third-order valence-corrected chi connectivity index (χ3v) is 5.14. The van der Waals surface area contributed by atoms with E-state index in [1.807, 2.05) is 19.9 Å². The van der Waals surface area contributed by atoms with E-state index in [1.165, 1.54) is 12.1 Å². The van der Waals surface area contributed by atoms with Crippen LogP contribution in [0.15, 0.2) is 45.6 Å². The van der Waals surface area contributed by atoms with E-state index in [0.717, 1.165) is 5.57 Å². The molecule has 0 aliphatic carbocycles. The van der Waals surface area contributed by atoms with Crippen LogP contribution < -0.4 is 5.43 Å². The number of hydrogen-bond donors (Lipinski definition) is 4. The fraction of sp³-hybridized carbons (Fsp3) is 0.261. The summed E-state index contributed by atoms with van der Waals surface area (Å²) >= 11 is 0. The molecule has 1 aromatic heterocycles. The lowest BCUT2D eigenvalue weighted by Crippen LogP contribution is -2.17. The molecule has 0 unspecified atom stereocenters. The Kier molecular flexibility index (Phi) is 4.82. The van der Waals surface area contributed by atoms with Crippen molar-refractivity contribution in [2.75, 3.05) is 0 Å². The molecule has 3 rings (SSSR count). The Balaban J connectivity index is 2.65. The van der Waals surface area contributed by atoms with Gasteiger partial charge in [-0.15, -0.1) is 6.58 Å². The Morgan fingerprint density at radius 3 is 2.24 bits per heavy atom. The molecule has 2 aromatic carbocycles. The maximum Gasteiger partial charge on any atom is 0.208 e. The number of fused-ring (bicyclic) bond motifs is 2. The molecule has 4 N–H and O–H groups in total. The Bertz CT molecular complexity index is 1240. The van der Waals surface area contributed by atoms with E-state index in [2.05, 4.69) is 6.58 Å². The molecule has 0 atom stereocenters. The highest BCUT2D eigenvalue weighted by Gasteiger charge is 2.32. The molecule has 0 fully saturated rings. The van der Waals surface area contributed by atoms with Crippen molar-refractivity contribution in [2.45, 2.75) is 39.5 Å². The normalized spacial score (nSPS) is 11.7. The van der Waals surface area contributed by atoms with Gasteiger partial charge in [-0.25, -0.2) is 0 Å². The van der Waals surface area contributed by atoms with Crippen LogP contribution in [0.4, 0.5) is 0 Å². The Morgan fingerprint density at radius 1 is 1.03 bits per heavy atom. The molecule has 0 spiro atoms. The molecule has 0 amide bonds. The number of benzene rings is 2. The minimum Gasteiger partial charge on any atom is -0.507 e. The van der Waals surface area contributed by atoms with E-state index >= 15 is 0 Å². The summed E-state index contributed by atoms with van der Waals surface area (Å²) in [5.74, 6) is -1.35. The summed E-state index contributed by atoms with van der Waals surface area (Å²) in [5.41, 5.74) is -0.405. The average molecular weight is 396 g/mol. The van der Waals surface area contributed by atoms with Crippen molar-refractivity contribution in [1.82, 2.24) is 0 Å². The first kappa shape index (κ1) is 20.3. The molecule has 29 heavy (non-hydrogen) atoms. The van der Waals surface area contributed by atoms with Gasteiger partial charge in [0.25, 0.3) is 0 Å². The van der Waals surface area contributed by atoms with Crippen LogP contribution in [0.3, 0.4) is 0 Å². The fourth-order valence-corrected chi connectivity index (χ4v) is 3.38. The van der Waals surface area contributed by atoms with Crippen molar-refractivity contribution >= 4 is 21.9 Å². The Hall–Kier alpha value is -3.41. The molecule has 3 aromatic rings. The van der Waals surface area contributed by atoms with Crippen LogP contribution in [0.25, 0.3) is 21.9 Å². The van der Waals surface area contributed by atoms with E-state index in [4.69, 9.17) is 4.42 Å². The first-order chi connectivity index (χ1) is 13.5. The zero-order chi connectivity index (χ0) is 21.7. The van der Waals surface area contributed by atoms with Crippen LogP contribution in [-0.2, 0) is 11.8 Å². The predicted octanol–water partition coefficient (Wildman–Crippen LogP) is 4.74. The maximum absolute atomic E-state index is 13.2. The van der Waals surface area contributed by atoms with Gasteiger partial charge in [-0.05, 0) is 32.4 Å². The topological polar surface area (TPSA) is 111 Å². The molecule has 152 valence electrons. The van der Waals surface area contributed by atoms with Crippen LogP contribution in [0, 0.1) is 0 Å². The minimum atomic E-state index is -0.828. The van der Waals surface area contributed by atoms with Crippen molar-refractivity contribution in [3.8, 4) is 23.0 Å². The minimum absolute atomic E-state index is 0.0655. The number of aromatic hydroxyl groups is 4. The lowest BCUT2D eigenvalue weighted by Gasteiger charge is -2.25. The molecule has 0 saturated carbocycles. The standard InChI is InChI=1S/C23H24O6/c1-6-23(4,5)17-19(27)12(8-7-11(2)3)18(26)16-20(28)15-13(24)9-10-14(25)21(15)29-22(16)17/h6-7,9-10,24-27H,1,8H2,2-5H3. The Morgan fingerprint density at radius 2 is 1.66 bits per heavy atom. The molecule has 6 nitrogen and oxygen atoms in total. The van der Waals surface area contributed by atoms with Gasteiger partial charge in [0, 0.05) is 16.5 Å². The molecule has 0 aliphatic rings. The monoisotopic (exact) mass is 396 g/mol. The van der Waals surface area contributed by atoms with E-state index in [9.17, 15) is 25.2 Å². The van der Waals surface area contributed by atoms with E-state index in [1.54, 1.807) is 19.9 Å². The van der Waals surface area contributed by atoms with Gasteiger partial charge in [0.15, 0.2) is 11.3 Å². The first-order valence-corrected chi connectivity index (χ1v) is 9.16. The van der Waals surface area contributed by atoms with Gasteiger partial charge in [-0.2, -0.15) is 0 Å². The maximum atomic E-state index is 13.2. The second-order valence-electron chi connectivity index (χ2n) is 7.91. The summed E-state index contributed by atoms with van der Waals surface area (Å²) in [5, 5.41) is 41.8. The number of hydrogen-bond acceptors (Lipinski definition) is 6. The molecular formula is C23H24O6. The summed E-state index contributed by atoms with van der Waals surface area (Å²) in [7, 11) is 0. The van der Waals surface area contributed by atoms with Crippen LogP contribution in [-0.4, -0.2) is 20.4 Å². The highest BCUT2D eigenvalue weighted by Crippen LogP contribution is 2.46. The highest BCUT2D eigenvalue weighted by molar-refractivity contribution is 6.00. The highest BCUT2D eigenvalue weighted by atomic mass is 16.4. The second kappa shape index (κ2) is 6.88. The van der Waals surface area contributed by atoms with E-state index < -0.39 is 16.6 Å². The van der Waals surface area contributed by atoms with Gasteiger partial charge >= 0.3 is 0 Å². The average Bonchev–Trinajstić information content (AvgIpc) is 2.63. The lowest BCUT2D eigenvalue weighted by molar-refractivity contribution is 0.428. The molecule has 1 heterocycles.